The van der Waals surface area contributed by atoms with Crippen molar-refractivity contribution in [3.8, 4) is 11.1 Å². The zero-order valence-electron chi connectivity index (χ0n) is 23.7. The molecule has 3 aromatic carbocycles. The normalized spacial score (nSPS) is 15.8. The number of H-pyrrole nitrogens is 1. The molecular weight excluding hydrogens is 550 g/mol. The van der Waals surface area contributed by atoms with E-state index in [2.05, 4.69) is 50.6 Å². The number of aromatic nitrogens is 2. The highest BCUT2D eigenvalue weighted by Crippen LogP contribution is 2.26. The number of aliphatic hydroxyl groups is 1. The zero-order valence-corrected chi connectivity index (χ0v) is 24.5. The van der Waals surface area contributed by atoms with Gasteiger partial charge in [0.2, 0.25) is 0 Å². The summed E-state index contributed by atoms with van der Waals surface area (Å²) in [6.07, 6.45) is 4.07. The van der Waals surface area contributed by atoms with Gasteiger partial charge in [-0.1, -0.05) is 36.4 Å². The van der Waals surface area contributed by atoms with E-state index in [1.807, 2.05) is 48.5 Å². The molecule has 42 heavy (non-hydrogen) atoms. The molecule has 2 heterocycles. The minimum absolute atomic E-state index is 0.0261. The van der Waals surface area contributed by atoms with E-state index in [4.69, 9.17) is 0 Å². The zero-order chi connectivity index (χ0) is 29.5. The molecule has 10 heteroatoms. The molecule has 0 bridgehead atoms. The summed E-state index contributed by atoms with van der Waals surface area (Å²) in [6, 6.07) is 21.5. The summed E-state index contributed by atoms with van der Waals surface area (Å²) >= 11 is 0. The minimum Gasteiger partial charge on any atom is -0.395 e. The lowest BCUT2D eigenvalue weighted by Gasteiger charge is -2.26. The third-order valence-electron chi connectivity index (χ3n) is 7.65. The summed E-state index contributed by atoms with van der Waals surface area (Å²) in [6.45, 7) is 4.50. The van der Waals surface area contributed by atoms with Crippen molar-refractivity contribution in [2.75, 3.05) is 36.5 Å². The van der Waals surface area contributed by atoms with Gasteiger partial charge in [0.05, 0.1) is 24.4 Å². The lowest BCUT2D eigenvalue weighted by molar-refractivity contribution is 0.102. The van der Waals surface area contributed by atoms with Gasteiger partial charge in [-0.2, -0.15) is 0 Å². The fourth-order valence-corrected chi connectivity index (χ4v) is 6.36. The van der Waals surface area contributed by atoms with E-state index in [9.17, 15) is 18.3 Å². The maximum absolute atomic E-state index is 12.9. The van der Waals surface area contributed by atoms with Crippen molar-refractivity contribution in [1.29, 1.82) is 0 Å². The molecule has 4 N–H and O–H groups in total. The lowest BCUT2D eigenvalue weighted by Crippen LogP contribution is -2.39. The predicted octanol–water partition coefficient (Wildman–Crippen LogP) is 3.56. The predicted molar refractivity (Wildman–Crippen MR) is 165 cm³/mol. The van der Waals surface area contributed by atoms with Gasteiger partial charge in [0.15, 0.2) is 9.84 Å². The second-order valence-corrected chi connectivity index (χ2v) is 13.2. The molecular formula is C32H37N5O4S. The van der Waals surface area contributed by atoms with Crippen molar-refractivity contribution >= 4 is 21.4 Å². The van der Waals surface area contributed by atoms with Crippen LogP contribution in [0.3, 0.4) is 0 Å². The molecule has 9 nitrogen and oxygen atoms in total. The second-order valence-electron chi connectivity index (χ2n) is 10.8. The first-order valence-corrected chi connectivity index (χ1v) is 15.9. The number of nitrogens with one attached hydrogen (secondary N) is 3. The number of aliphatic hydroxyl groups excluding tert-OH is 1. The van der Waals surface area contributed by atoms with E-state index in [0.717, 1.165) is 33.5 Å². The van der Waals surface area contributed by atoms with Crippen molar-refractivity contribution in [1.82, 2.24) is 20.2 Å². The second kappa shape index (κ2) is 13.4. The van der Waals surface area contributed by atoms with Gasteiger partial charge in [0.25, 0.3) is 5.91 Å². The van der Waals surface area contributed by atoms with Crippen LogP contribution in [0.4, 0.5) is 5.69 Å². The molecule has 0 radical (unpaired) electrons. The average molecular weight is 588 g/mol. The molecule has 1 aromatic heterocycles. The number of carbonyl (C=O) groups excluding carboxylic acids is 1. The van der Waals surface area contributed by atoms with Crippen LogP contribution in [0.1, 0.15) is 32.7 Å². The van der Waals surface area contributed by atoms with Crippen LogP contribution >= 0.6 is 0 Å². The number of amides is 1. The number of benzene rings is 3. The van der Waals surface area contributed by atoms with E-state index in [0.29, 0.717) is 43.9 Å². The molecule has 0 saturated carbocycles. The average Bonchev–Trinajstić information content (AvgIpc) is 3.51. The topological polar surface area (TPSA) is 127 Å². The van der Waals surface area contributed by atoms with Gasteiger partial charge in [-0.3, -0.25) is 9.69 Å². The van der Waals surface area contributed by atoms with Gasteiger partial charge in [-0.15, -0.1) is 0 Å². The smallest absolute Gasteiger partial charge is 0.255 e. The number of hydrogen-bond donors (Lipinski definition) is 4. The van der Waals surface area contributed by atoms with Gasteiger partial charge < -0.3 is 20.7 Å². The first-order valence-electron chi connectivity index (χ1n) is 14.1. The Kier molecular flexibility index (Phi) is 9.48. The fraction of sp³-hybridized carbons (Fsp3) is 0.312. The number of rotatable bonds is 11. The van der Waals surface area contributed by atoms with Gasteiger partial charge in [-0.05, 0) is 65.1 Å². The van der Waals surface area contributed by atoms with Crippen molar-refractivity contribution < 1.29 is 18.3 Å². The Morgan fingerprint density at radius 1 is 1.02 bits per heavy atom. The third-order valence-corrected chi connectivity index (χ3v) is 9.26. The number of anilines is 1. The molecule has 1 aliphatic rings. The standard InChI is InChI=1S/C32H37N5O4S/c1-23-2-3-25(18-34-30(21-38)17-29-19-33-22-35-29)16-31(23)26-6-8-27(9-7-26)32(39)36-28-10-4-24(5-11-28)20-37-12-14-42(40,41)15-13-37/h2-11,16,19,22,30,34,38H,12-15,17-18,20-21H2,1H3,(H,33,35)(H,36,39). The maximum Gasteiger partial charge on any atom is 0.255 e. The van der Waals surface area contributed by atoms with Crippen LogP contribution in [0, 0.1) is 6.92 Å². The summed E-state index contributed by atoms with van der Waals surface area (Å²) in [5, 5.41) is 16.2. The first kappa shape index (κ1) is 29.7. The van der Waals surface area contributed by atoms with Crippen molar-refractivity contribution in [2.24, 2.45) is 0 Å². The molecule has 1 amide bonds. The van der Waals surface area contributed by atoms with E-state index < -0.39 is 9.84 Å². The largest absolute Gasteiger partial charge is 0.395 e. The van der Waals surface area contributed by atoms with Gasteiger partial charge in [0.1, 0.15) is 0 Å². The highest BCUT2D eigenvalue weighted by atomic mass is 32.2. The monoisotopic (exact) mass is 587 g/mol. The van der Waals surface area contributed by atoms with Gasteiger partial charge in [-0.25, -0.2) is 13.4 Å². The van der Waals surface area contributed by atoms with Crippen LogP contribution in [0.15, 0.2) is 79.3 Å². The lowest BCUT2D eigenvalue weighted by atomic mass is 9.97. The number of carbonyl (C=O) groups is 1. The fourth-order valence-electron chi connectivity index (χ4n) is 5.08. The Labute approximate surface area is 246 Å². The summed E-state index contributed by atoms with van der Waals surface area (Å²) in [7, 11) is -2.89. The quantitative estimate of drug-likeness (QED) is 0.211. The van der Waals surface area contributed by atoms with Crippen LogP contribution in [0.25, 0.3) is 11.1 Å². The van der Waals surface area contributed by atoms with E-state index >= 15 is 0 Å². The number of sulfone groups is 1. The van der Waals surface area contributed by atoms with Crippen LogP contribution in [-0.2, 0) is 29.3 Å². The summed E-state index contributed by atoms with van der Waals surface area (Å²) < 4.78 is 23.3. The Hall–Kier alpha value is -3.83. The number of aryl methyl sites for hydroxylation is 1. The van der Waals surface area contributed by atoms with E-state index in [1.165, 1.54) is 0 Å². The van der Waals surface area contributed by atoms with Crippen LogP contribution in [-0.4, -0.2) is 71.5 Å². The number of hydrogen-bond acceptors (Lipinski definition) is 7. The van der Waals surface area contributed by atoms with Crippen LogP contribution in [0.2, 0.25) is 0 Å². The molecule has 0 aliphatic carbocycles. The number of aromatic amines is 1. The minimum atomic E-state index is -2.89. The molecule has 220 valence electrons. The molecule has 1 aliphatic heterocycles. The van der Waals surface area contributed by atoms with Crippen molar-refractivity contribution in [3.05, 3.63) is 107 Å². The van der Waals surface area contributed by atoms with Crippen molar-refractivity contribution in [3.63, 3.8) is 0 Å². The Balaban J connectivity index is 1.17. The highest BCUT2D eigenvalue weighted by molar-refractivity contribution is 7.91. The highest BCUT2D eigenvalue weighted by Gasteiger charge is 2.21. The van der Waals surface area contributed by atoms with Crippen molar-refractivity contribution in [2.45, 2.75) is 32.5 Å². The molecule has 4 aromatic rings. The summed E-state index contributed by atoms with van der Waals surface area (Å²) in [4.78, 5) is 22.2. The Bertz CT molecular complexity index is 1570. The van der Waals surface area contributed by atoms with Gasteiger partial charge in [0, 0.05) is 61.8 Å². The first-order chi connectivity index (χ1) is 20.3. The van der Waals surface area contributed by atoms with E-state index in [1.54, 1.807) is 12.5 Å². The third kappa shape index (κ3) is 7.92. The van der Waals surface area contributed by atoms with Gasteiger partial charge >= 0.3 is 0 Å². The summed E-state index contributed by atoms with van der Waals surface area (Å²) in [5.74, 6) is 0.235. The SMILES string of the molecule is Cc1ccc(CNC(CO)Cc2cnc[nH]2)cc1-c1ccc(C(=O)Nc2ccc(CN3CCS(=O)(=O)CC3)cc2)cc1. The molecule has 1 atom stereocenters. The molecule has 1 fully saturated rings. The number of nitrogens with zero attached hydrogens (tertiary/aromatic N) is 2. The maximum atomic E-state index is 12.9. The molecule has 0 spiro atoms. The van der Waals surface area contributed by atoms with Crippen LogP contribution < -0.4 is 10.6 Å². The summed E-state index contributed by atoms with van der Waals surface area (Å²) in [5.41, 5.74) is 7.69. The Morgan fingerprint density at radius 3 is 2.40 bits per heavy atom. The molecule has 1 saturated heterocycles. The molecule has 5 rings (SSSR count). The number of imidazole rings is 1. The Morgan fingerprint density at radius 2 is 1.74 bits per heavy atom. The van der Waals surface area contributed by atoms with Crippen LogP contribution in [0.5, 0.6) is 0 Å². The van der Waals surface area contributed by atoms with E-state index in [-0.39, 0.29) is 30.1 Å². The molecule has 1 unspecified atom stereocenters.